The van der Waals surface area contributed by atoms with Gasteiger partial charge in [-0.15, -0.1) is 0 Å². The van der Waals surface area contributed by atoms with Crippen LogP contribution < -0.4 is 5.32 Å². The predicted octanol–water partition coefficient (Wildman–Crippen LogP) is 1.16. The zero-order valence-electron chi connectivity index (χ0n) is 11.1. The predicted molar refractivity (Wildman–Crippen MR) is 67.4 cm³/mol. The van der Waals surface area contributed by atoms with Crippen molar-refractivity contribution in [1.29, 1.82) is 0 Å². The molecule has 0 aliphatic carbocycles. The first-order valence-corrected chi connectivity index (χ1v) is 5.91. The van der Waals surface area contributed by atoms with Crippen molar-refractivity contribution in [3.63, 3.8) is 0 Å². The van der Waals surface area contributed by atoms with Gasteiger partial charge in [0.2, 0.25) is 0 Å². The van der Waals surface area contributed by atoms with Gasteiger partial charge in [-0.25, -0.2) is 0 Å². The molecule has 0 atom stereocenters. The molecular formula is C12H24N4. The Balaban J connectivity index is 2.23. The molecule has 0 aromatic carbocycles. The summed E-state index contributed by atoms with van der Waals surface area (Å²) in [5.41, 5.74) is 2.32. The largest absolute Gasteiger partial charge is 0.310 e. The van der Waals surface area contributed by atoms with Crippen LogP contribution in [0.3, 0.4) is 0 Å². The Labute approximate surface area is 98.6 Å². The average molecular weight is 224 g/mol. The van der Waals surface area contributed by atoms with Crippen molar-refractivity contribution in [3.8, 4) is 0 Å². The maximum Gasteiger partial charge on any atom is 0.0597 e. The summed E-state index contributed by atoms with van der Waals surface area (Å²) in [6.07, 6.45) is 0. The summed E-state index contributed by atoms with van der Waals surface area (Å²) in [6.45, 7) is 9.43. The maximum absolute atomic E-state index is 4.32. The minimum atomic E-state index is 0.612. The fourth-order valence-corrected chi connectivity index (χ4v) is 1.56. The van der Waals surface area contributed by atoms with Gasteiger partial charge in [0.25, 0.3) is 0 Å². The molecule has 0 saturated carbocycles. The van der Waals surface area contributed by atoms with Gasteiger partial charge < -0.3 is 10.2 Å². The lowest BCUT2D eigenvalue weighted by Gasteiger charge is -2.20. The maximum atomic E-state index is 4.32. The van der Waals surface area contributed by atoms with Gasteiger partial charge in [-0.3, -0.25) is 4.68 Å². The zero-order chi connectivity index (χ0) is 12.1. The number of nitrogens with one attached hydrogen (secondary N) is 1. The molecule has 1 rings (SSSR count). The number of rotatable bonds is 6. The summed E-state index contributed by atoms with van der Waals surface area (Å²) in [5.74, 6) is 0. The number of nitrogens with zero attached hydrogens (tertiary/aromatic N) is 3. The van der Waals surface area contributed by atoms with Gasteiger partial charge in [-0.05, 0) is 33.9 Å². The molecule has 0 spiro atoms. The van der Waals surface area contributed by atoms with Crippen molar-refractivity contribution < 1.29 is 0 Å². The topological polar surface area (TPSA) is 33.1 Å². The summed E-state index contributed by atoms with van der Waals surface area (Å²) in [4.78, 5) is 2.33. The van der Waals surface area contributed by atoms with E-state index < -0.39 is 0 Å². The highest BCUT2D eigenvalue weighted by Gasteiger charge is 2.03. The molecule has 4 nitrogen and oxygen atoms in total. The van der Waals surface area contributed by atoms with Crippen LogP contribution in [0.15, 0.2) is 6.07 Å². The van der Waals surface area contributed by atoms with Crippen LogP contribution in [0, 0.1) is 6.92 Å². The molecule has 1 heterocycles. The molecule has 16 heavy (non-hydrogen) atoms. The fraction of sp³-hybridized carbons (Fsp3) is 0.750. The highest BCUT2D eigenvalue weighted by Crippen LogP contribution is 2.00. The monoisotopic (exact) mass is 224 g/mol. The van der Waals surface area contributed by atoms with Gasteiger partial charge in [0.15, 0.2) is 0 Å². The van der Waals surface area contributed by atoms with Crippen molar-refractivity contribution in [2.45, 2.75) is 33.4 Å². The van der Waals surface area contributed by atoms with Gasteiger partial charge in [-0.2, -0.15) is 5.10 Å². The highest BCUT2D eigenvalue weighted by molar-refractivity contribution is 5.08. The molecular weight excluding hydrogens is 200 g/mol. The number of likely N-dealkylation sites (N-methyl/N-ethyl adjacent to an activating group) is 1. The normalized spacial score (nSPS) is 11.7. The van der Waals surface area contributed by atoms with Gasteiger partial charge in [0.1, 0.15) is 0 Å². The van der Waals surface area contributed by atoms with Crippen LogP contribution in [-0.2, 0) is 13.6 Å². The molecule has 0 aliphatic rings. The standard InChI is InChI=1S/C12H24N4/c1-10(2)15(4)7-6-13-9-12-8-11(3)14-16(12)5/h8,10,13H,6-7,9H2,1-5H3. The summed E-state index contributed by atoms with van der Waals surface area (Å²) in [7, 11) is 4.14. The SMILES string of the molecule is Cc1cc(CNCCN(C)C(C)C)n(C)n1. The van der Waals surface area contributed by atoms with Crippen molar-refractivity contribution in [2.24, 2.45) is 7.05 Å². The Morgan fingerprint density at radius 1 is 1.50 bits per heavy atom. The zero-order valence-corrected chi connectivity index (χ0v) is 11.1. The van der Waals surface area contributed by atoms with E-state index in [2.05, 4.69) is 42.3 Å². The molecule has 0 radical (unpaired) electrons. The molecule has 4 heteroatoms. The van der Waals surface area contributed by atoms with E-state index in [4.69, 9.17) is 0 Å². The van der Waals surface area contributed by atoms with Crippen LogP contribution in [0.4, 0.5) is 0 Å². The minimum Gasteiger partial charge on any atom is -0.310 e. The summed E-state index contributed by atoms with van der Waals surface area (Å²) >= 11 is 0. The van der Waals surface area contributed by atoms with Crippen molar-refractivity contribution in [1.82, 2.24) is 20.0 Å². The molecule has 0 amide bonds. The average Bonchev–Trinajstić information content (AvgIpc) is 2.51. The highest BCUT2D eigenvalue weighted by atomic mass is 15.3. The molecule has 0 bridgehead atoms. The molecule has 1 aromatic rings. The third-order valence-corrected chi connectivity index (χ3v) is 2.93. The smallest absolute Gasteiger partial charge is 0.0597 e. The summed E-state index contributed by atoms with van der Waals surface area (Å²) < 4.78 is 1.94. The minimum absolute atomic E-state index is 0.612. The van der Waals surface area contributed by atoms with Crippen LogP contribution in [0.1, 0.15) is 25.2 Å². The fourth-order valence-electron chi connectivity index (χ4n) is 1.56. The molecule has 1 aromatic heterocycles. The van der Waals surface area contributed by atoms with E-state index in [9.17, 15) is 0 Å². The summed E-state index contributed by atoms with van der Waals surface area (Å²) in [6, 6.07) is 2.74. The lowest BCUT2D eigenvalue weighted by Crippen LogP contribution is -2.33. The first kappa shape index (κ1) is 13.2. The van der Waals surface area contributed by atoms with Crippen LogP contribution in [0.5, 0.6) is 0 Å². The van der Waals surface area contributed by atoms with E-state index in [1.807, 2.05) is 18.7 Å². The molecule has 0 unspecified atom stereocenters. The Bertz CT molecular complexity index is 317. The first-order valence-electron chi connectivity index (χ1n) is 5.91. The molecule has 0 fully saturated rings. The van der Waals surface area contributed by atoms with E-state index in [0.717, 1.165) is 25.3 Å². The molecule has 0 saturated heterocycles. The quantitative estimate of drug-likeness (QED) is 0.736. The van der Waals surface area contributed by atoms with Crippen molar-refractivity contribution >= 4 is 0 Å². The number of hydrogen-bond donors (Lipinski definition) is 1. The second kappa shape index (κ2) is 6.01. The lowest BCUT2D eigenvalue weighted by atomic mass is 10.3. The third kappa shape index (κ3) is 3.94. The van der Waals surface area contributed by atoms with Crippen molar-refractivity contribution in [3.05, 3.63) is 17.5 Å². The second-order valence-corrected chi connectivity index (χ2v) is 4.65. The van der Waals surface area contributed by atoms with E-state index in [-0.39, 0.29) is 0 Å². The van der Waals surface area contributed by atoms with Crippen LogP contribution in [0.2, 0.25) is 0 Å². The number of aromatic nitrogens is 2. The lowest BCUT2D eigenvalue weighted by molar-refractivity contribution is 0.273. The van der Waals surface area contributed by atoms with E-state index in [1.54, 1.807) is 0 Å². The van der Waals surface area contributed by atoms with Gasteiger partial charge >= 0.3 is 0 Å². The van der Waals surface area contributed by atoms with Gasteiger partial charge in [-0.1, -0.05) is 0 Å². The van der Waals surface area contributed by atoms with Crippen LogP contribution in [-0.4, -0.2) is 40.9 Å². The molecule has 1 N–H and O–H groups in total. The third-order valence-electron chi connectivity index (χ3n) is 2.93. The van der Waals surface area contributed by atoms with Gasteiger partial charge in [0.05, 0.1) is 11.4 Å². The van der Waals surface area contributed by atoms with E-state index >= 15 is 0 Å². The number of hydrogen-bond acceptors (Lipinski definition) is 3. The molecule has 0 aliphatic heterocycles. The van der Waals surface area contributed by atoms with Crippen molar-refractivity contribution in [2.75, 3.05) is 20.1 Å². The Morgan fingerprint density at radius 3 is 2.69 bits per heavy atom. The summed E-state index contributed by atoms with van der Waals surface area (Å²) in [5, 5.41) is 7.76. The van der Waals surface area contributed by atoms with Gasteiger partial charge in [0, 0.05) is 32.7 Å². The Morgan fingerprint density at radius 2 is 2.19 bits per heavy atom. The number of aryl methyl sites for hydroxylation is 2. The van der Waals surface area contributed by atoms with E-state index in [1.165, 1.54) is 5.69 Å². The molecule has 92 valence electrons. The Kier molecular flexibility index (Phi) is 4.96. The van der Waals surface area contributed by atoms with Crippen LogP contribution >= 0.6 is 0 Å². The second-order valence-electron chi connectivity index (χ2n) is 4.65. The van der Waals surface area contributed by atoms with Crippen LogP contribution in [0.25, 0.3) is 0 Å². The Hall–Kier alpha value is -0.870. The van der Waals surface area contributed by atoms with E-state index in [0.29, 0.717) is 6.04 Å². The first-order chi connectivity index (χ1) is 7.50.